The molecule has 1 aliphatic carbocycles. The van der Waals surface area contributed by atoms with Crippen LogP contribution in [0.15, 0.2) is 103 Å². The van der Waals surface area contributed by atoms with Crippen molar-refractivity contribution in [1.29, 1.82) is 0 Å². The van der Waals surface area contributed by atoms with Gasteiger partial charge in [0, 0.05) is 48.0 Å². The van der Waals surface area contributed by atoms with E-state index in [2.05, 4.69) is 62.6 Å². The van der Waals surface area contributed by atoms with Crippen LogP contribution in [0.25, 0.3) is 16.5 Å². The number of carbonyl (C=O) groups excluding carboxylic acids is 1. The standard InChI is InChI=1S/C40H46N8O4Si/c1-28-12-14-30(15-13-28)48-36(27-38(46-48)53(2,3)4)44-40(49)43-34-16-17-35(33-11-6-5-10-32(33)34)52-37-18-19-41-39(45-37)42-29-8-7-9-31(26-29)51-25-22-47-20-23-50-24-21-47/h5-7,9-19,26-27,29H,8,20-25H2,1-4H3,(H,41,42,45)(H2,43,44,49). The van der Waals surface area contributed by atoms with E-state index < -0.39 is 8.07 Å². The molecule has 12 nitrogen and oxygen atoms in total. The molecule has 7 rings (SSSR count). The van der Waals surface area contributed by atoms with Crippen molar-refractivity contribution in [1.82, 2.24) is 24.6 Å². The molecule has 1 unspecified atom stereocenters. The van der Waals surface area contributed by atoms with E-state index in [1.54, 1.807) is 16.9 Å². The summed E-state index contributed by atoms with van der Waals surface area (Å²) in [7, 11) is -1.76. The number of ether oxygens (including phenoxy) is 3. The molecule has 0 bridgehead atoms. The molecule has 5 aromatic rings. The number of fused-ring (bicyclic) bond motifs is 1. The monoisotopic (exact) mass is 730 g/mol. The van der Waals surface area contributed by atoms with Gasteiger partial charge in [0.05, 0.1) is 30.6 Å². The highest BCUT2D eigenvalue weighted by Crippen LogP contribution is 2.34. The minimum Gasteiger partial charge on any atom is -0.493 e. The minimum absolute atomic E-state index is 0.0244. The molecular formula is C40H46N8O4Si. The Labute approximate surface area is 310 Å². The van der Waals surface area contributed by atoms with Gasteiger partial charge in [-0.1, -0.05) is 67.7 Å². The molecule has 1 aliphatic heterocycles. The molecule has 2 aliphatic rings. The first-order valence-electron chi connectivity index (χ1n) is 18.0. The maximum absolute atomic E-state index is 13.5. The summed E-state index contributed by atoms with van der Waals surface area (Å²) in [5.74, 6) is 2.88. The number of nitrogens with one attached hydrogen (secondary N) is 3. The minimum atomic E-state index is -1.76. The molecule has 274 valence electrons. The third-order valence-corrected chi connectivity index (χ3v) is 10.9. The van der Waals surface area contributed by atoms with E-state index in [0.29, 0.717) is 35.7 Å². The number of allylic oxidation sites excluding steroid dienone is 1. The van der Waals surface area contributed by atoms with Crippen LogP contribution in [-0.2, 0) is 9.47 Å². The largest absolute Gasteiger partial charge is 0.493 e. The number of hydrogen-bond acceptors (Lipinski definition) is 9. The van der Waals surface area contributed by atoms with Crippen LogP contribution in [0.2, 0.25) is 19.6 Å². The van der Waals surface area contributed by atoms with E-state index in [4.69, 9.17) is 19.3 Å². The van der Waals surface area contributed by atoms with Gasteiger partial charge in [0.15, 0.2) is 0 Å². The molecule has 1 atom stereocenters. The molecule has 2 amide bonds. The third kappa shape index (κ3) is 9.12. The summed E-state index contributed by atoms with van der Waals surface area (Å²) in [5, 5.41) is 17.0. The van der Waals surface area contributed by atoms with Crippen LogP contribution in [0.4, 0.5) is 22.2 Å². The van der Waals surface area contributed by atoms with Crippen molar-refractivity contribution in [2.45, 2.75) is 39.0 Å². The molecule has 13 heteroatoms. The molecular weight excluding hydrogens is 685 g/mol. The number of hydrogen-bond donors (Lipinski definition) is 3. The SMILES string of the molecule is Cc1ccc(-n2nc([Si](C)(C)C)cc2NC(=O)Nc2ccc(Oc3ccnc(NC4C=C(OCCN5CCOCC5)C=CC4)n3)c3ccccc23)cc1. The smallest absolute Gasteiger partial charge is 0.324 e. The van der Waals surface area contributed by atoms with Gasteiger partial charge in [-0.25, -0.2) is 14.5 Å². The van der Waals surface area contributed by atoms with Gasteiger partial charge in [-0.2, -0.15) is 10.1 Å². The maximum Gasteiger partial charge on any atom is 0.324 e. The highest BCUT2D eigenvalue weighted by Gasteiger charge is 2.24. The normalized spacial score (nSPS) is 16.2. The molecule has 53 heavy (non-hydrogen) atoms. The Morgan fingerprint density at radius 2 is 1.77 bits per heavy atom. The summed E-state index contributed by atoms with van der Waals surface area (Å²) >= 11 is 0. The van der Waals surface area contributed by atoms with Crippen molar-refractivity contribution in [2.75, 3.05) is 55.4 Å². The van der Waals surface area contributed by atoms with Crippen LogP contribution in [0.1, 0.15) is 12.0 Å². The molecule has 0 spiro atoms. The van der Waals surface area contributed by atoms with Gasteiger partial charge in [0.2, 0.25) is 11.8 Å². The van der Waals surface area contributed by atoms with E-state index >= 15 is 0 Å². The molecule has 2 aromatic heterocycles. The Morgan fingerprint density at radius 3 is 2.57 bits per heavy atom. The lowest BCUT2D eigenvalue weighted by Gasteiger charge is -2.26. The second kappa shape index (κ2) is 16.0. The molecule has 0 saturated carbocycles. The van der Waals surface area contributed by atoms with Crippen molar-refractivity contribution in [3.05, 3.63) is 109 Å². The summed E-state index contributed by atoms with van der Waals surface area (Å²) in [6.07, 6.45) is 8.62. The number of aryl methyl sites for hydroxylation is 1. The summed E-state index contributed by atoms with van der Waals surface area (Å²) in [5.41, 5.74) is 2.67. The van der Waals surface area contributed by atoms with Gasteiger partial charge in [-0.15, -0.1) is 0 Å². The first-order chi connectivity index (χ1) is 25.7. The number of aromatic nitrogens is 4. The van der Waals surface area contributed by atoms with Gasteiger partial charge in [0.25, 0.3) is 0 Å². The molecule has 1 saturated heterocycles. The average Bonchev–Trinajstić information content (AvgIpc) is 3.58. The number of carbonyl (C=O) groups is 1. The van der Waals surface area contributed by atoms with Crippen molar-refractivity contribution in [3.8, 4) is 17.3 Å². The second-order valence-corrected chi connectivity index (χ2v) is 19.2. The molecule has 3 N–H and O–H groups in total. The average molecular weight is 731 g/mol. The third-order valence-electron chi connectivity index (χ3n) is 9.11. The van der Waals surface area contributed by atoms with Crippen molar-refractivity contribution in [3.63, 3.8) is 0 Å². The Hall–Kier alpha value is -5.50. The van der Waals surface area contributed by atoms with E-state index in [9.17, 15) is 4.79 Å². The number of amides is 2. The van der Waals surface area contributed by atoms with Crippen LogP contribution < -0.4 is 26.0 Å². The van der Waals surface area contributed by atoms with Crippen LogP contribution in [0.5, 0.6) is 11.6 Å². The fraction of sp³-hybridized carbons (Fsp3) is 0.300. The first-order valence-corrected chi connectivity index (χ1v) is 21.5. The highest BCUT2D eigenvalue weighted by atomic mass is 28.3. The predicted molar refractivity (Wildman–Crippen MR) is 212 cm³/mol. The number of benzene rings is 3. The first kappa shape index (κ1) is 35.9. The number of morpholine rings is 1. The van der Waals surface area contributed by atoms with E-state index in [1.807, 2.05) is 79.7 Å². The second-order valence-electron chi connectivity index (χ2n) is 14.2. The summed E-state index contributed by atoms with van der Waals surface area (Å²) < 4.78 is 19.6. The fourth-order valence-corrected chi connectivity index (χ4v) is 7.14. The predicted octanol–water partition coefficient (Wildman–Crippen LogP) is 7.08. The Balaban J connectivity index is 1.02. The number of urea groups is 1. The number of anilines is 3. The lowest BCUT2D eigenvalue weighted by Crippen LogP contribution is -2.39. The fourth-order valence-electron chi connectivity index (χ4n) is 6.17. The zero-order valence-electron chi connectivity index (χ0n) is 30.6. The van der Waals surface area contributed by atoms with Crippen LogP contribution in [0.3, 0.4) is 0 Å². The van der Waals surface area contributed by atoms with E-state index in [-0.39, 0.29) is 12.1 Å². The van der Waals surface area contributed by atoms with Gasteiger partial charge in [-0.05, 0) is 55.8 Å². The zero-order chi connectivity index (χ0) is 36.8. The van der Waals surface area contributed by atoms with Gasteiger partial charge >= 0.3 is 6.03 Å². The molecule has 0 radical (unpaired) electrons. The van der Waals surface area contributed by atoms with Crippen molar-refractivity contribution < 1.29 is 19.0 Å². The van der Waals surface area contributed by atoms with Crippen LogP contribution >= 0.6 is 0 Å². The highest BCUT2D eigenvalue weighted by molar-refractivity contribution is 6.88. The van der Waals surface area contributed by atoms with Gasteiger partial charge < -0.3 is 24.8 Å². The molecule has 3 aromatic carbocycles. The lowest BCUT2D eigenvalue weighted by atomic mass is 10.1. The van der Waals surface area contributed by atoms with Crippen molar-refractivity contribution in [2.24, 2.45) is 0 Å². The van der Waals surface area contributed by atoms with Gasteiger partial charge in [-0.3, -0.25) is 10.2 Å². The van der Waals surface area contributed by atoms with E-state index in [0.717, 1.165) is 72.4 Å². The number of nitrogens with zero attached hydrogens (tertiary/aromatic N) is 5. The van der Waals surface area contributed by atoms with Crippen LogP contribution in [-0.4, -0.2) is 84.3 Å². The number of rotatable bonds is 12. The Morgan fingerprint density at radius 1 is 0.981 bits per heavy atom. The quantitative estimate of drug-likeness (QED) is 0.116. The maximum atomic E-state index is 13.5. The molecule has 1 fully saturated rings. The Kier molecular flexibility index (Phi) is 10.8. The lowest BCUT2D eigenvalue weighted by molar-refractivity contribution is 0.0280. The zero-order valence-corrected chi connectivity index (χ0v) is 31.6. The summed E-state index contributed by atoms with van der Waals surface area (Å²) in [6, 6.07) is 22.8. The topological polar surface area (TPSA) is 128 Å². The van der Waals surface area contributed by atoms with E-state index in [1.165, 1.54) is 0 Å². The Bertz CT molecular complexity index is 2120. The van der Waals surface area contributed by atoms with Gasteiger partial charge in [0.1, 0.15) is 32.0 Å². The summed E-state index contributed by atoms with van der Waals surface area (Å²) in [4.78, 5) is 24.9. The molecule has 3 heterocycles. The van der Waals surface area contributed by atoms with Crippen molar-refractivity contribution >= 4 is 47.6 Å². The van der Waals surface area contributed by atoms with Crippen LogP contribution in [0, 0.1) is 6.92 Å². The summed E-state index contributed by atoms with van der Waals surface area (Å²) in [6.45, 7) is 13.7.